The average Bonchev–Trinajstić information content (AvgIpc) is 3.37. The number of fused-ring (bicyclic) bond motifs is 5. The molecule has 162 valence electrons. The number of benzene rings is 1. The Morgan fingerprint density at radius 2 is 1.77 bits per heavy atom. The Morgan fingerprint density at radius 3 is 2.39 bits per heavy atom. The van der Waals surface area contributed by atoms with Gasteiger partial charge < -0.3 is 18.9 Å². The summed E-state index contributed by atoms with van der Waals surface area (Å²) in [6.45, 7) is 2.25. The molecule has 1 aromatic carbocycles. The fraction of sp³-hybridized carbons (Fsp3) is 0.381. The maximum Gasteiger partial charge on any atom is 0.337 e. The maximum atomic E-state index is 13.4. The second-order valence-electron chi connectivity index (χ2n) is 7.40. The van der Waals surface area contributed by atoms with Gasteiger partial charge in [-0.2, -0.15) is 0 Å². The van der Waals surface area contributed by atoms with Crippen LogP contribution in [-0.2, 0) is 38.1 Å². The summed E-state index contributed by atoms with van der Waals surface area (Å²) < 4.78 is 20.9. The highest BCUT2D eigenvalue weighted by Gasteiger charge is 2.72. The Hall–Kier alpha value is -3.53. The zero-order chi connectivity index (χ0) is 22.5. The summed E-state index contributed by atoms with van der Waals surface area (Å²) in [6, 6.07) is 5.91. The van der Waals surface area contributed by atoms with E-state index in [1.165, 1.54) is 37.5 Å². The Morgan fingerprint density at radius 1 is 1.10 bits per heavy atom. The predicted molar refractivity (Wildman–Crippen MR) is 101 cm³/mol. The summed E-state index contributed by atoms with van der Waals surface area (Å²) in [5, 5.41) is 0. The number of amides is 2. The Balaban J connectivity index is 1.73. The van der Waals surface area contributed by atoms with Crippen LogP contribution in [0.4, 0.5) is 5.69 Å². The van der Waals surface area contributed by atoms with E-state index in [0.717, 1.165) is 18.7 Å². The van der Waals surface area contributed by atoms with Gasteiger partial charge in [0.2, 0.25) is 11.8 Å². The molecule has 0 saturated carbocycles. The zero-order valence-electron chi connectivity index (χ0n) is 16.9. The molecule has 1 aromatic rings. The molecule has 10 nitrogen and oxygen atoms in total. The first-order valence-electron chi connectivity index (χ1n) is 9.47. The smallest absolute Gasteiger partial charge is 0.337 e. The third kappa shape index (κ3) is 3.10. The van der Waals surface area contributed by atoms with Gasteiger partial charge in [0.1, 0.15) is 0 Å². The topological polar surface area (TPSA) is 126 Å². The van der Waals surface area contributed by atoms with Crippen LogP contribution in [0.5, 0.6) is 0 Å². The Bertz CT molecular complexity index is 1020. The molecular weight excluding hydrogens is 410 g/mol. The summed E-state index contributed by atoms with van der Waals surface area (Å²) in [4.78, 5) is 62.7. The molecule has 0 radical (unpaired) electrons. The number of nitrogens with zero attached hydrogens (tertiary/aromatic N) is 1. The lowest BCUT2D eigenvalue weighted by molar-refractivity contribution is -0.226. The summed E-state index contributed by atoms with van der Waals surface area (Å²) in [6.07, 6.45) is 0.774. The van der Waals surface area contributed by atoms with E-state index in [-0.39, 0.29) is 11.3 Å². The van der Waals surface area contributed by atoms with E-state index in [2.05, 4.69) is 0 Å². The predicted octanol–water partition coefficient (Wildman–Crippen LogP) is 0.738. The van der Waals surface area contributed by atoms with Crippen molar-refractivity contribution in [3.8, 4) is 0 Å². The SMILES string of the molecule is COC(=O)c1cccc(N2C(=O)[C@H]3[C@H]4C=C[C@@](C(OC(C)=O)OC(C)=O)(O4)[C@H]3C2=O)c1. The van der Waals surface area contributed by atoms with Gasteiger partial charge in [-0.05, 0) is 24.3 Å². The number of esters is 3. The van der Waals surface area contributed by atoms with Crippen LogP contribution < -0.4 is 4.90 Å². The Labute approximate surface area is 176 Å². The number of anilines is 1. The van der Waals surface area contributed by atoms with Crippen molar-refractivity contribution in [2.75, 3.05) is 12.0 Å². The van der Waals surface area contributed by atoms with Gasteiger partial charge in [-0.3, -0.25) is 19.2 Å². The number of ether oxygens (including phenoxy) is 4. The number of carbonyl (C=O) groups is 5. The molecule has 4 rings (SSSR count). The van der Waals surface area contributed by atoms with Gasteiger partial charge in [-0.15, -0.1) is 0 Å². The molecule has 4 atom stereocenters. The minimum Gasteiger partial charge on any atom is -0.465 e. The van der Waals surface area contributed by atoms with Gasteiger partial charge in [-0.1, -0.05) is 12.1 Å². The second kappa shape index (κ2) is 7.31. The molecule has 10 heteroatoms. The minimum atomic E-state index is -1.63. The number of carbonyl (C=O) groups excluding carboxylic acids is 5. The van der Waals surface area contributed by atoms with Crippen LogP contribution in [-0.4, -0.2) is 54.8 Å². The first kappa shape index (κ1) is 20.7. The highest BCUT2D eigenvalue weighted by atomic mass is 16.7. The van der Waals surface area contributed by atoms with Gasteiger partial charge in [0.15, 0.2) is 5.60 Å². The van der Waals surface area contributed by atoms with Crippen LogP contribution in [0.2, 0.25) is 0 Å². The largest absolute Gasteiger partial charge is 0.465 e. The van der Waals surface area contributed by atoms with Gasteiger partial charge in [0, 0.05) is 13.8 Å². The molecule has 0 unspecified atom stereocenters. The van der Waals surface area contributed by atoms with Crippen molar-refractivity contribution < 1.29 is 42.9 Å². The zero-order valence-corrected chi connectivity index (χ0v) is 16.9. The lowest BCUT2D eigenvalue weighted by atomic mass is 9.76. The van der Waals surface area contributed by atoms with Crippen molar-refractivity contribution in [2.24, 2.45) is 11.8 Å². The highest BCUT2D eigenvalue weighted by molar-refractivity contribution is 6.23. The molecule has 3 heterocycles. The summed E-state index contributed by atoms with van der Waals surface area (Å²) in [5.41, 5.74) is -1.27. The monoisotopic (exact) mass is 429 g/mol. The van der Waals surface area contributed by atoms with Crippen LogP contribution in [0.3, 0.4) is 0 Å². The van der Waals surface area contributed by atoms with Gasteiger partial charge in [-0.25, -0.2) is 9.69 Å². The molecule has 3 aliphatic heterocycles. The van der Waals surface area contributed by atoms with Crippen molar-refractivity contribution in [1.29, 1.82) is 0 Å². The van der Waals surface area contributed by atoms with Gasteiger partial charge in [0.05, 0.1) is 36.3 Å². The highest BCUT2D eigenvalue weighted by Crippen LogP contribution is 2.54. The maximum absolute atomic E-state index is 13.4. The van der Waals surface area contributed by atoms with E-state index in [0.29, 0.717) is 0 Å². The lowest BCUT2D eigenvalue weighted by Crippen LogP contribution is -2.52. The number of imide groups is 1. The first-order valence-corrected chi connectivity index (χ1v) is 9.47. The standard InChI is InChI=1S/C21H19NO9/c1-10(23)29-20(30-11(2)24)21-8-7-14(31-21)15-16(21)18(26)22(17(15)25)13-6-4-5-12(9-13)19(27)28-3/h4-9,14-16,20H,1-3H3/t14-,15+,16-,21-/m1/s1. The second-order valence-corrected chi connectivity index (χ2v) is 7.40. The van der Waals surface area contributed by atoms with Crippen LogP contribution in [0.25, 0.3) is 0 Å². The summed E-state index contributed by atoms with van der Waals surface area (Å²) in [7, 11) is 1.22. The van der Waals surface area contributed by atoms with Gasteiger partial charge >= 0.3 is 17.9 Å². The first-order chi connectivity index (χ1) is 14.7. The quantitative estimate of drug-likeness (QED) is 0.288. The molecule has 0 spiro atoms. The summed E-state index contributed by atoms with van der Waals surface area (Å²) in [5.74, 6) is -5.24. The average molecular weight is 429 g/mol. The van der Waals surface area contributed by atoms with Crippen molar-refractivity contribution in [3.05, 3.63) is 42.0 Å². The van der Waals surface area contributed by atoms with E-state index >= 15 is 0 Å². The van der Waals surface area contributed by atoms with Crippen LogP contribution in [0.15, 0.2) is 36.4 Å². The van der Waals surface area contributed by atoms with E-state index in [9.17, 15) is 24.0 Å². The number of hydrogen-bond donors (Lipinski definition) is 0. The molecule has 31 heavy (non-hydrogen) atoms. The van der Waals surface area contributed by atoms with Crippen molar-refractivity contribution in [2.45, 2.75) is 31.8 Å². The Kier molecular flexibility index (Phi) is 4.89. The molecule has 2 bridgehead atoms. The molecule has 3 aliphatic rings. The normalized spacial score (nSPS) is 28.1. The van der Waals surface area contributed by atoms with Crippen molar-refractivity contribution in [3.63, 3.8) is 0 Å². The van der Waals surface area contributed by atoms with Crippen molar-refractivity contribution >= 4 is 35.4 Å². The third-order valence-electron chi connectivity index (χ3n) is 5.52. The fourth-order valence-corrected chi connectivity index (χ4v) is 4.36. The van der Waals surface area contributed by atoms with Crippen LogP contribution >= 0.6 is 0 Å². The molecule has 0 aromatic heterocycles. The molecule has 0 N–H and O–H groups in total. The van der Waals surface area contributed by atoms with Crippen LogP contribution in [0, 0.1) is 11.8 Å². The summed E-state index contributed by atoms with van der Waals surface area (Å²) >= 11 is 0. The third-order valence-corrected chi connectivity index (χ3v) is 5.52. The molecule has 2 amide bonds. The molecular formula is C21H19NO9. The molecule has 2 fully saturated rings. The van der Waals surface area contributed by atoms with E-state index in [1.54, 1.807) is 6.08 Å². The lowest BCUT2D eigenvalue weighted by Gasteiger charge is -2.34. The molecule has 0 aliphatic carbocycles. The number of hydrogen-bond acceptors (Lipinski definition) is 9. The van der Waals surface area contributed by atoms with Crippen molar-refractivity contribution in [1.82, 2.24) is 0 Å². The van der Waals surface area contributed by atoms with E-state index in [4.69, 9.17) is 18.9 Å². The molecule has 2 saturated heterocycles. The number of rotatable bonds is 5. The minimum absolute atomic E-state index is 0.169. The van der Waals surface area contributed by atoms with E-state index < -0.39 is 59.6 Å². The number of methoxy groups -OCH3 is 1. The fourth-order valence-electron chi connectivity index (χ4n) is 4.36. The van der Waals surface area contributed by atoms with Crippen LogP contribution in [0.1, 0.15) is 24.2 Å². The van der Waals surface area contributed by atoms with Gasteiger partial charge in [0.25, 0.3) is 6.29 Å². The van der Waals surface area contributed by atoms with E-state index in [1.807, 2.05) is 0 Å².